The normalized spacial score (nSPS) is 11.2. The maximum atomic E-state index is 12.7. The predicted molar refractivity (Wildman–Crippen MR) is 105 cm³/mol. The molecule has 0 spiro atoms. The van der Waals surface area contributed by atoms with Gasteiger partial charge in [-0.15, -0.1) is 10.2 Å². The van der Waals surface area contributed by atoms with Crippen LogP contribution in [0.5, 0.6) is 0 Å². The third-order valence-electron chi connectivity index (χ3n) is 3.73. The number of benzene rings is 2. The molecule has 30 heavy (non-hydrogen) atoms. The van der Waals surface area contributed by atoms with E-state index < -0.39 is 23.8 Å². The van der Waals surface area contributed by atoms with Gasteiger partial charge in [-0.2, -0.15) is 13.2 Å². The molecule has 0 bridgehead atoms. The maximum Gasteiger partial charge on any atom is 0.453 e. The van der Waals surface area contributed by atoms with Crippen LogP contribution in [0.3, 0.4) is 0 Å². The third kappa shape index (κ3) is 5.08. The summed E-state index contributed by atoms with van der Waals surface area (Å²) in [5.41, 5.74) is 1.06. The van der Waals surface area contributed by atoms with Crippen LogP contribution in [0, 0.1) is 0 Å². The molecule has 3 aromatic rings. The van der Waals surface area contributed by atoms with E-state index in [0.717, 1.165) is 0 Å². The Morgan fingerprint density at radius 2 is 1.67 bits per heavy atom. The van der Waals surface area contributed by atoms with E-state index in [9.17, 15) is 22.8 Å². The molecular formula is C18H15F3N6O2S. The first-order valence-electron chi connectivity index (χ1n) is 8.41. The summed E-state index contributed by atoms with van der Waals surface area (Å²) in [6.45, 7) is 0. The Hall–Kier alpha value is -3.54. The zero-order valence-electron chi connectivity index (χ0n) is 15.2. The summed E-state index contributed by atoms with van der Waals surface area (Å²) in [5, 5.41) is 11.3. The molecule has 0 aliphatic heterocycles. The van der Waals surface area contributed by atoms with Crippen LogP contribution in [0.15, 0.2) is 59.8 Å². The molecule has 1 heterocycles. The van der Waals surface area contributed by atoms with Crippen LogP contribution in [0.25, 0.3) is 0 Å². The molecule has 2 amide bonds. The van der Waals surface area contributed by atoms with Crippen LogP contribution in [-0.2, 0) is 11.0 Å². The lowest BCUT2D eigenvalue weighted by Gasteiger charge is -2.11. The van der Waals surface area contributed by atoms with E-state index >= 15 is 0 Å². The van der Waals surface area contributed by atoms with Crippen molar-refractivity contribution < 1.29 is 22.8 Å². The molecule has 3 rings (SSSR count). The number of rotatable bonds is 6. The molecule has 0 atom stereocenters. The van der Waals surface area contributed by atoms with Gasteiger partial charge in [0.15, 0.2) is 0 Å². The van der Waals surface area contributed by atoms with Gasteiger partial charge in [-0.1, -0.05) is 42.1 Å². The molecule has 0 saturated heterocycles. The van der Waals surface area contributed by atoms with Gasteiger partial charge in [0.1, 0.15) is 0 Å². The van der Waals surface area contributed by atoms with Crippen LogP contribution < -0.4 is 16.5 Å². The molecule has 4 N–H and O–H groups in total. The number of hydrogen-bond donors (Lipinski definition) is 3. The van der Waals surface area contributed by atoms with Crippen molar-refractivity contribution in [1.82, 2.24) is 14.9 Å². The van der Waals surface area contributed by atoms with E-state index in [0.29, 0.717) is 17.4 Å². The number of aromatic nitrogens is 3. The number of carbonyl (C=O) groups is 2. The molecule has 0 radical (unpaired) electrons. The number of halogens is 3. The molecule has 8 nitrogen and oxygen atoms in total. The van der Waals surface area contributed by atoms with Crippen molar-refractivity contribution in [2.75, 3.05) is 22.2 Å². The van der Waals surface area contributed by atoms with Crippen LogP contribution in [-0.4, -0.2) is 32.4 Å². The number of anilines is 2. The first-order valence-corrected chi connectivity index (χ1v) is 9.40. The van der Waals surface area contributed by atoms with Gasteiger partial charge in [-0.3, -0.25) is 9.59 Å². The minimum absolute atomic E-state index is 0.223. The zero-order chi connectivity index (χ0) is 21.7. The summed E-state index contributed by atoms with van der Waals surface area (Å²) < 4.78 is 38.4. The Kier molecular flexibility index (Phi) is 6.26. The van der Waals surface area contributed by atoms with Crippen LogP contribution in [0.2, 0.25) is 0 Å². The first-order chi connectivity index (χ1) is 14.3. The Bertz CT molecular complexity index is 1060. The van der Waals surface area contributed by atoms with E-state index in [1.165, 1.54) is 12.1 Å². The largest absolute Gasteiger partial charge is 0.453 e. The SMILES string of the molecule is Nn1c(SCC(=O)Nc2ccccc2C(=O)Nc2ccccc2)nnc1C(F)(F)F. The molecular weight excluding hydrogens is 421 g/mol. The molecule has 0 aliphatic rings. The number of nitrogens with zero attached hydrogens (tertiary/aromatic N) is 3. The second kappa shape index (κ2) is 8.86. The molecule has 0 fully saturated rings. The summed E-state index contributed by atoms with van der Waals surface area (Å²) in [5.74, 6) is 2.69. The molecule has 12 heteroatoms. The number of carbonyl (C=O) groups excluding carboxylic acids is 2. The topological polar surface area (TPSA) is 115 Å². The van der Waals surface area contributed by atoms with Crippen molar-refractivity contribution in [2.24, 2.45) is 0 Å². The Labute approximate surface area is 172 Å². The van der Waals surface area contributed by atoms with Gasteiger partial charge in [0.05, 0.1) is 17.0 Å². The Morgan fingerprint density at radius 1 is 1.00 bits per heavy atom. The second-order valence-electron chi connectivity index (χ2n) is 5.88. The second-order valence-corrected chi connectivity index (χ2v) is 6.82. The minimum Gasteiger partial charge on any atom is -0.335 e. The number of thioether (sulfide) groups is 1. The summed E-state index contributed by atoms with van der Waals surface area (Å²) >= 11 is 0.680. The highest BCUT2D eigenvalue weighted by atomic mass is 32.2. The van der Waals surface area contributed by atoms with Gasteiger partial charge in [0.25, 0.3) is 11.7 Å². The highest BCUT2D eigenvalue weighted by Crippen LogP contribution is 2.29. The van der Waals surface area contributed by atoms with Crippen molar-refractivity contribution in [3.8, 4) is 0 Å². The van der Waals surface area contributed by atoms with Crippen LogP contribution in [0.4, 0.5) is 24.5 Å². The van der Waals surface area contributed by atoms with Crippen molar-refractivity contribution in [2.45, 2.75) is 11.3 Å². The highest BCUT2D eigenvalue weighted by molar-refractivity contribution is 7.99. The Balaban J connectivity index is 1.65. The van der Waals surface area contributed by atoms with Crippen molar-refractivity contribution in [3.63, 3.8) is 0 Å². The summed E-state index contributed by atoms with van der Waals surface area (Å²) in [7, 11) is 0. The summed E-state index contributed by atoms with van der Waals surface area (Å²) in [4.78, 5) is 24.8. The Morgan fingerprint density at radius 3 is 2.33 bits per heavy atom. The first kappa shape index (κ1) is 21.2. The van der Waals surface area contributed by atoms with E-state index in [2.05, 4.69) is 20.8 Å². The number of nitrogens with two attached hydrogens (primary N) is 1. The number of hydrogen-bond acceptors (Lipinski definition) is 6. The predicted octanol–water partition coefficient (Wildman–Crippen LogP) is 2.99. The minimum atomic E-state index is -4.76. The van der Waals surface area contributed by atoms with E-state index in [4.69, 9.17) is 5.84 Å². The summed E-state index contributed by atoms with van der Waals surface area (Å²) in [6.07, 6.45) is -4.76. The van der Waals surface area contributed by atoms with Gasteiger partial charge in [-0.25, -0.2) is 4.68 Å². The molecule has 0 saturated carbocycles. The summed E-state index contributed by atoms with van der Waals surface area (Å²) in [6, 6.07) is 15.1. The van der Waals surface area contributed by atoms with Crippen LogP contribution >= 0.6 is 11.8 Å². The maximum absolute atomic E-state index is 12.7. The highest BCUT2D eigenvalue weighted by Gasteiger charge is 2.38. The number of para-hydroxylation sites is 2. The molecule has 2 aromatic carbocycles. The van der Waals surface area contributed by atoms with Gasteiger partial charge in [-0.05, 0) is 24.3 Å². The van der Waals surface area contributed by atoms with Crippen molar-refractivity contribution >= 4 is 35.0 Å². The fourth-order valence-electron chi connectivity index (χ4n) is 2.40. The van der Waals surface area contributed by atoms with Gasteiger partial charge < -0.3 is 16.5 Å². The molecule has 156 valence electrons. The monoisotopic (exact) mass is 436 g/mol. The quantitative estimate of drug-likeness (QED) is 0.404. The van der Waals surface area contributed by atoms with Gasteiger partial charge >= 0.3 is 6.18 Å². The average molecular weight is 436 g/mol. The van der Waals surface area contributed by atoms with E-state index in [-0.39, 0.29) is 26.8 Å². The number of amides is 2. The zero-order valence-corrected chi connectivity index (χ0v) is 16.0. The molecule has 0 unspecified atom stereocenters. The van der Waals surface area contributed by atoms with Gasteiger partial charge in [0.2, 0.25) is 11.1 Å². The fraction of sp³-hybridized carbons (Fsp3) is 0.111. The van der Waals surface area contributed by atoms with E-state index in [1.807, 2.05) is 0 Å². The molecule has 1 aromatic heterocycles. The van der Waals surface area contributed by atoms with Crippen molar-refractivity contribution in [1.29, 1.82) is 0 Å². The van der Waals surface area contributed by atoms with E-state index in [1.54, 1.807) is 42.5 Å². The lowest BCUT2D eigenvalue weighted by molar-refractivity contribution is -0.146. The number of nitrogen functional groups attached to an aromatic ring is 1. The smallest absolute Gasteiger partial charge is 0.335 e. The lowest BCUT2D eigenvalue weighted by Crippen LogP contribution is -2.22. The third-order valence-corrected chi connectivity index (χ3v) is 4.67. The molecule has 0 aliphatic carbocycles. The average Bonchev–Trinajstić information content (AvgIpc) is 3.08. The standard InChI is InChI=1S/C18H15F3N6O2S/c19-18(20,21)16-25-26-17(27(16)22)30-10-14(28)24-13-9-5-4-8-12(13)15(29)23-11-6-2-1-3-7-11/h1-9H,10,22H2,(H,23,29)(H,24,28). The van der Waals surface area contributed by atoms with Crippen LogP contribution in [0.1, 0.15) is 16.2 Å². The van der Waals surface area contributed by atoms with Crippen molar-refractivity contribution in [3.05, 3.63) is 66.0 Å². The van der Waals surface area contributed by atoms with Gasteiger partial charge in [0, 0.05) is 5.69 Å². The number of nitrogens with one attached hydrogen (secondary N) is 2. The fourth-order valence-corrected chi connectivity index (χ4v) is 3.05. The number of alkyl halides is 3. The lowest BCUT2D eigenvalue weighted by atomic mass is 10.1.